The van der Waals surface area contributed by atoms with Gasteiger partial charge in [0.1, 0.15) is 12.4 Å². The third kappa shape index (κ3) is 1.53. The lowest BCUT2D eigenvalue weighted by molar-refractivity contribution is 0.0931. The molecule has 2 aromatic heterocycles. The predicted octanol–water partition coefficient (Wildman–Crippen LogP) is 0.906. The van der Waals surface area contributed by atoms with E-state index in [-0.39, 0.29) is 6.10 Å². The molecule has 0 bridgehead atoms. The van der Waals surface area contributed by atoms with Crippen LogP contribution < -0.4 is 10.5 Å². The van der Waals surface area contributed by atoms with E-state index in [2.05, 4.69) is 10.1 Å². The Morgan fingerprint density at radius 1 is 1.44 bits per heavy atom. The fourth-order valence-corrected chi connectivity index (χ4v) is 1.98. The molecule has 2 N–H and O–H groups in total. The second-order valence-corrected chi connectivity index (χ2v) is 4.37. The summed E-state index contributed by atoms with van der Waals surface area (Å²) in [7, 11) is 0. The fourth-order valence-electron chi connectivity index (χ4n) is 1.98. The molecule has 2 aromatic rings. The van der Waals surface area contributed by atoms with Crippen molar-refractivity contribution < 1.29 is 4.74 Å². The van der Waals surface area contributed by atoms with Gasteiger partial charge in [-0.1, -0.05) is 0 Å². The van der Waals surface area contributed by atoms with Gasteiger partial charge in [0, 0.05) is 12.1 Å². The highest BCUT2D eigenvalue weighted by Gasteiger charge is 2.28. The maximum atomic E-state index is 5.85. The third-order valence-electron chi connectivity index (χ3n) is 2.91. The van der Waals surface area contributed by atoms with Gasteiger partial charge in [0.15, 0.2) is 5.65 Å². The van der Waals surface area contributed by atoms with E-state index in [0.717, 1.165) is 29.9 Å². The number of rotatable bonds is 2. The van der Waals surface area contributed by atoms with E-state index in [1.807, 2.05) is 19.1 Å². The molecule has 2 heterocycles. The van der Waals surface area contributed by atoms with Crippen LogP contribution in [-0.2, 0) is 0 Å². The zero-order valence-electron chi connectivity index (χ0n) is 9.13. The molecule has 0 amide bonds. The molecule has 1 aliphatic carbocycles. The van der Waals surface area contributed by atoms with Crippen molar-refractivity contribution >= 4 is 5.65 Å². The summed E-state index contributed by atoms with van der Waals surface area (Å²) in [5.41, 5.74) is 7.67. The molecule has 16 heavy (non-hydrogen) atoms. The highest BCUT2D eigenvalue weighted by Crippen LogP contribution is 2.25. The Kier molecular flexibility index (Phi) is 2.07. The Morgan fingerprint density at radius 2 is 2.25 bits per heavy atom. The van der Waals surface area contributed by atoms with Gasteiger partial charge in [-0.05, 0) is 31.4 Å². The number of ether oxygens (including phenoxy) is 1. The monoisotopic (exact) mass is 218 g/mol. The lowest BCUT2D eigenvalue weighted by Gasteiger charge is -2.32. The molecule has 1 fully saturated rings. The summed E-state index contributed by atoms with van der Waals surface area (Å²) in [6.07, 6.45) is 3.60. The van der Waals surface area contributed by atoms with Crippen LogP contribution in [0.3, 0.4) is 0 Å². The van der Waals surface area contributed by atoms with Crippen molar-refractivity contribution in [1.29, 1.82) is 0 Å². The molecule has 0 aromatic carbocycles. The Hall–Kier alpha value is -1.62. The van der Waals surface area contributed by atoms with Gasteiger partial charge in [0.2, 0.25) is 5.88 Å². The van der Waals surface area contributed by atoms with E-state index in [1.54, 1.807) is 4.52 Å². The Morgan fingerprint density at radius 3 is 3.00 bits per heavy atom. The minimum Gasteiger partial charge on any atom is -0.474 e. The first-order valence-corrected chi connectivity index (χ1v) is 5.45. The van der Waals surface area contributed by atoms with Crippen LogP contribution in [0.4, 0.5) is 0 Å². The molecule has 1 saturated carbocycles. The van der Waals surface area contributed by atoms with E-state index in [0.29, 0.717) is 6.04 Å². The van der Waals surface area contributed by atoms with Gasteiger partial charge < -0.3 is 10.5 Å². The lowest BCUT2D eigenvalue weighted by Crippen LogP contribution is -2.43. The molecule has 0 saturated heterocycles. The Labute approximate surface area is 93.2 Å². The molecule has 0 aliphatic heterocycles. The minimum absolute atomic E-state index is 0.226. The van der Waals surface area contributed by atoms with E-state index in [4.69, 9.17) is 10.5 Å². The molecule has 3 rings (SSSR count). The first kappa shape index (κ1) is 9.59. The topological polar surface area (TPSA) is 65.4 Å². The van der Waals surface area contributed by atoms with E-state index in [9.17, 15) is 0 Å². The second kappa shape index (κ2) is 3.45. The van der Waals surface area contributed by atoms with Gasteiger partial charge in [0.25, 0.3) is 0 Å². The van der Waals surface area contributed by atoms with Gasteiger partial charge in [-0.15, -0.1) is 0 Å². The molecule has 0 atom stereocenters. The predicted molar refractivity (Wildman–Crippen MR) is 59.3 cm³/mol. The highest BCUT2D eigenvalue weighted by molar-refractivity contribution is 5.43. The van der Waals surface area contributed by atoms with Crippen LogP contribution in [-0.4, -0.2) is 26.7 Å². The number of nitrogens with zero attached hydrogens (tertiary/aromatic N) is 3. The van der Waals surface area contributed by atoms with Crippen molar-refractivity contribution in [1.82, 2.24) is 14.6 Å². The van der Waals surface area contributed by atoms with E-state index in [1.165, 1.54) is 6.33 Å². The normalized spacial score (nSPS) is 24.4. The maximum absolute atomic E-state index is 5.85. The van der Waals surface area contributed by atoms with Crippen molar-refractivity contribution in [3.05, 3.63) is 24.0 Å². The molecule has 0 radical (unpaired) electrons. The van der Waals surface area contributed by atoms with Gasteiger partial charge in [-0.3, -0.25) is 0 Å². The van der Waals surface area contributed by atoms with Crippen molar-refractivity contribution in [2.45, 2.75) is 31.9 Å². The highest BCUT2D eigenvalue weighted by atomic mass is 16.5. The largest absolute Gasteiger partial charge is 0.474 e. The standard InChI is InChI=1S/C11H14N4O/c1-7-2-10-13-6-14-15(10)11(3-7)16-9-4-8(12)5-9/h2-3,6,8-9H,4-5,12H2,1H3. The number of hydrogen-bond donors (Lipinski definition) is 1. The summed E-state index contributed by atoms with van der Waals surface area (Å²) in [5.74, 6) is 0.754. The number of nitrogens with two attached hydrogens (primary N) is 1. The molecule has 5 nitrogen and oxygen atoms in total. The van der Waals surface area contributed by atoms with Crippen LogP contribution in [0.1, 0.15) is 18.4 Å². The zero-order chi connectivity index (χ0) is 11.1. The van der Waals surface area contributed by atoms with Crippen LogP contribution in [0.15, 0.2) is 18.5 Å². The summed E-state index contributed by atoms with van der Waals surface area (Å²) < 4.78 is 7.57. The van der Waals surface area contributed by atoms with Crippen molar-refractivity contribution in [3.63, 3.8) is 0 Å². The Bertz CT molecular complexity index is 516. The van der Waals surface area contributed by atoms with Gasteiger partial charge >= 0.3 is 0 Å². The van der Waals surface area contributed by atoms with Crippen LogP contribution in [0.5, 0.6) is 5.88 Å². The minimum atomic E-state index is 0.226. The first-order chi connectivity index (χ1) is 7.72. The van der Waals surface area contributed by atoms with Crippen LogP contribution in [0, 0.1) is 6.92 Å². The van der Waals surface area contributed by atoms with Gasteiger partial charge in [-0.2, -0.15) is 9.61 Å². The SMILES string of the molecule is Cc1cc(OC2CC(N)C2)n2ncnc2c1. The average Bonchev–Trinajstić information content (AvgIpc) is 2.62. The summed E-state index contributed by atoms with van der Waals surface area (Å²) >= 11 is 0. The van der Waals surface area contributed by atoms with Crippen LogP contribution in [0.25, 0.3) is 5.65 Å². The molecule has 5 heteroatoms. The quantitative estimate of drug-likeness (QED) is 0.813. The van der Waals surface area contributed by atoms with Crippen molar-refractivity contribution in [2.24, 2.45) is 5.73 Å². The van der Waals surface area contributed by atoms with Crippen molar-refractivity contribution in [2.75, 3.05) is 0 Å². The van der Waals surface area contributed by atoms with Crippen molar-refractivity contribution in [3.8, 4) is 5.88 Å². The molecule has 0 unspecified atom stereocenters. The number of aryl methyl sites for hydroxylation is 1. The molecular weight excluding hydrogens is 204 g/mol. The fraction of sp³-hybridized carbons (Fsp3) is 0.455. The zero-order valence-corrected chi connectivity index (χ0v) is 9.13. The third-order valence-corrected chi connectivity index (χ3v) is 2.91. The van der Waals surface area contributed by atoms with Gasteiger partial charge in [-0.25, -0.2) is 4.98 Å². The maximum Gasteiger partial charge on any atom is 0.216 e. The van der Waals surface area contributed by atoms with Gasteiger partial charge in [0.05, 0.1) is 0 Å². The Balaban J connectivity index is 1.92. The van der Waals surface area contributed by atoms with E-state index < -0.39 is 0 Å². The number of pyridine rings is 1. The van der Waals surface area contributed by atoms with Crippen LogP contribution in [0.2, 0.25) is 0 Å². The molecule has 1 aliphatic rings. The molecule has 0 spiro atoms. The summed E-state index contributed by atoms with van der Waals surface area (Å²) in [6, 6.07) is 4.25. The van der Waals surface area contributed by atoms with Crippen LogP contribution >= 0.6 is 0 Å². The summed E-state index contributed by atoms with van der Waals surface area (Å²) in [6.45, 7) is 2.02. The number of fused-ring (bicyclic) bond motifs is 1. The molecular formula is C11H14N4O. The smallest absolute Gasteiger partial charge is 0.216 e. The summed E-state index contributed by atoms with van der Waals surface area (Å²) in [4.78, 5) is 4.15. The first-order valence-electron chi connectivity index (χ1n) is 5.45. The number of hydrogen-bond acceptors (Lipinski definition) is 4. The lowest BCUT2D eigenvalue weighted by atomic mass is 9.90. The second-order valence-electron chi connectivity index (χ2n) is 4.37. The molecule has 84 valence electrons. The summed E-state index contributed by atoms with van der Waals surface area (Å²) in [5, 5.41) is 4.14. The number of aromatic nitrogens is 3. The van der Waals surface area contributed by atoms with E-state index >= 15 is 0 Å². The average molecular weight is 218 g/mol.